The summed E-state index contributed by atoms with van der Waals surface area (Å²) in [7, 11) is 1.85. The first-order valence-electron chi connectivity index (χ1n) is 7.01. The Labute approximate surface area is 132 Å². The van der Waals surface area contributed by atoms with Crippen LogP contribution in [0.2, 0.25) is 0 Å². The van der Waals surface area contributed by atoms with Gasteiger partial charge in [0, 0.05) is 30.2 Å². The first-order chi connectivity index (χ1) is 11.1. The monoisotopic (exact) mass is 310 g/mol. The van der Waals surface area contributed by atoms with Gasteiger partial charge in [0.15, 0.2) is 0 Å². The maximum Gasteiger partial charge on any atom is 0.340 e. The number of hydrogen-bond acceptors (Lipinski definition) is 4. The Kier molecular flexibility index (Phi) is 3.80. The van der Waals surface area contributed by atoms with Crippen molar-refractivity contribution >= 4 is 22.6 Å². The maximum atomic E-state index is 12.3. The van der Waals surface area contributed by atoms with Gasteiger partial charge in [-0.25, -0.2) is 4.79 Å². The molecule has 2 aromatic carbocycles. The van der Waals surface area contributed by atoms with E-state index in [0.29, 0.717) is 11.1 Å². The summed E-state index contributed by atoms with van der Waals surface area (Å²) in [6, 6.07) is 13.7. The summed E-state index contributed by atoms with van der Waals surface area (Å²) < 4.78 is 7.11. The zero-order valence-electron chi connectivity index (χ0n) is 12.4. The zero-order valence-corrected chi connectivity index (χ0v) is 12.4. The van der Waals surface area contributed by atoms with Crippen molar-refractivity contribution in [1.29, 1.82) is 0 Å². The third-order valence-electron chi connectivity index (χ3n) is 3.66. The van der Waals surface area contributed by atoms with Gasteiger partial charge in [0.2, 0.25) is 0 Å². The third-order valence-corrected chi connectivity index (χ3v) is 3.66. The number of nitro groups is 1. The average Bonchev–Trinajstić information content (AvgIpc) is 2.90. The second-order valence-electron chi connectivity index (χ2n) is 5.13. The van der Waals surface area contributed by atoms with Crippen LogP contribution >= 0.6 is 0 Å². The number of carbonyl (C=O) groups is 1. The van der Waals surface area contributed by atoms with Gasteiger partial charge in [0.1, 0.15) is 6.61 Å². The molecule has 0 N–H and O–H groups in total. The molecule has 0 atom stereocenters. The molecule has 0 radical (unpaired) electrons. The van der Waals surface area contributed by atoms with Crippen LogP contribution in [0.3, 0.4) is 0 Å². The number of aryl methyl sites for hydroxylation is 1. The van der Waals surface area contributed by atoms with Gasteiger partial charge >= 0.3 is 5.97 Å². The second-order valence-corrected chi connectivity index (χ2v) is 5.13. The number of hydrogen-bond donors (Lipinski definition) is 0. The largest absolute Gasteiger partial charge is 0.457 e. The number of ether oxygens (including phenoxy) is 1. The van der Waals surface area contributed by atoms with Crippen LogP contribution in [0.4, 0.5) is 5.69 Å². The highest BCUT2D eigenvalue weighted by Gasteiger charge is 2.18. The second kappa shape index (κ2) is 5.92. The molecule has 0 spiro atoms. The molecule has 1 heterocycles. The number of nitro benzene ring substituents is 1. The van der Waals surface area contributed by atoms with E-state index in [4.69, 9.17) is 4.74 Å². The van der Waals surface area contributed by atoms with Crippen molar-refractivity contribution in [2.24, 2.45) is 7.05 Å². The minimum atomic E-state index is -0.500. The number of fused-ring (bicyclic) bond motifs is 1. The highest BCUT2D eigenvalue weighted by atomic mass is 16.6. The van der Waals surface area contributed by atoms with E-state index in [0.717, 1.165) is 10.9 Å². The Balaban J connectivity index is 1.84. The highest BCUT2D eigenvalue weighted by Crippen LogP contribution is 2.23. The van der Waals surface area contributed by atoms with Crippen LogP contribution in [0, 0.1) is 10.1 Å². The quantitative estimate of drug-likeness (QED) is 0.420. The standard InChI is InChI=1S/C17H14N2O4/c1-18-10-14(13-7-3-5-9-16(13)18)17(20)23-11-12-6-2-4-8-15(12)19(21)22/h2-10H,11H2,1H3. The lowest BCUT2D eigenvalue weighted by Crippen LogP contribution is -2.06. The lowest BCUT2D eigenvalue weighted by molar-refractivity contribution is -0.385. The van der Waals surface area contributed by atoms with E-state index in [1.807, 2.05) is 35.9 Å². The summed E-state index contributed by atoms with van der Waals surface area (Å²) in [5.41, 5.74) is 1.68. The predicted octanol–water partition coefficient (Wildman–Crippen LogP) is 3.44. The van der Waals surface area contributed by atoms with Crippen molar-refractivity contribution < 1.29 is 14.5 Å². The molecule has 0 saturated carbocycles. The molecule has 3 aromatic rings. The molecule has 0 saturated heterocycles. The molecule has 3 rings (SSSR count). The zero-order chi connectivity index (χ0) is 16.4. The van der Waals surface area contributed by atoms with Crippen LogP contribution in [0.15, 0.2) is 54.7 Å². The normalized spacial score (nSPS) is 10.7. The molecule has 6 heteroatoms. The van der Waals surface area contributed by atoms with Gasteiger partial charge in [-0.05, 0) is 12.1 Å². The highest BCUT2D eigenvalue weighted by molar-refractivity contribution is 6.04. The summed E-state index contributed by atoms with van der Waals surface area (Å²) in [5, 5.41) is 11.8. The van der Waals surface area contributed by atoms with Crippen LogP contribution < -0.4 is 0 Å². The molecule has 1 aromatic heterocycles. The number of nitrogens with zero attached hydrogens (tertiary/aromatic N) is 2. The summed E-state index contributed by atoms with van der Waals surface area (Å²) in [6.45, 7) is -0.140. The molecule has 0 aliphatic carbocycles. The molecule has 116 valence electrons. The minimum absolute atomic E-state index is 0.0572. The van der Waals surface area contributed by atoms with Crippen LogP contribution in [0.25, 0.3) is 10.9 Å². The van der Waals surface area contributed by atoms with Crippen LogP contribution in [-0.2, 0) is 18.4 Å². The number of esters is 1. The molecule has 0 aliphatic rings. The number of para-hydroxylation sites is 2. The van der Waals surface area contributed by atoms with E-state index in [9.17, 15) is 14.9 Å². The predicted molar refractivity (Wildman–Crippen MR) is 85.1 cm³/mol. The Hall–Kier alpha value is -3.15. The molecular formula is C17H14N2O4. The van der Waals surface area contributed by atoms with Crippen molar-refractivity contribution in [3.05, 3.63) is 76.0 Å². The van der Waals surface area contributed by atoms with Crippen LogP contribution in [0.5, 0.6) is 0 Å². The van der Waals surface area contributed by atoms with E-state index in [1.165, 1.54) is 6.07 Å². The molecular weight excluding hydrogens is 296 g/mol. The van der Waals surface area contributed by atoms with E-state index < -0.39 is 10.9 Å². The topological polar surface area (TPSA) is 74.4 Å². The molecule has 0 amide bonds. The Morgan fingerprint density at radius 3 is 2.65 bits per heavy atom. The van der Waals surface area contributed by atoms with Gasteiger partial charge in [-0.1, -0.05) is 30.3 Å². The molecule has 0 aliphatic heterocycles. The van der Waals surface area contributed by atoms with Gasteiger partial charge in [0.05, 0.1) is 16.1 Å². The number of carbonyl (C=O) groups excluding carboxylic acids is 1. The minimum Gasteiger partial charge on any atom is -0.457 e. The Bertz CT molecular complexity index is 898. The third kappa shape index (κ3) is 2.78. The average molecular weight is 310 g/mol. The van der Waals surface area contributed by atoms with E-state index in [2.05, 4.69) is 0 Å². The SMILES string of the molecule is Cn1cc(C(=O)OCc2ccccc2[N+](=O)[O-])c2ccccc21. The number of aromatic nitrogens is 1. The molecule has 0 fully saturated rings. The van der Waals surface area contributed by atoms with Crippen LogP contribution in [0.1, 0.15) is 15.9 Å². The Morgan fingerprint density at radius 2 is 1.87 bits per heavy atom. The van der Waals surface area contributed by atoms with Gasteiger partial charge in [-0.3, -0.25) is 10.1 Å². The summed E-state index contributed by atoms with van der Waals surface area (Å²) >= 11 is 0. The van der Waals surface area contributed by atoms with Crippen molar-refractivity contribution in [3.63, 3.8) is 0 Å². The lowest BCUT2D eigenvalue weighted by atomic mass is 10.2. The lowest BCUT2D eigenvalue weighted by Gasteiger charge is -2.05. The summed E-state index contributed by atoms with van der Waals surface area (Å²) in [6.07, 6.45) is 1.70. The fraction of sp³-hybridized carbons (Fsp3) is 0.118. The van der Waals surface area contributed by atoms with E-state index in [1.54, 1.807) is 24.4 Å². The molecule has 6 nitrogen and oxygen atoms in total. The smallest absolute Gasteiger partial charge is 0.340 e. The molecule has 0 bridgehead atoms. The van der Waals surface area contributed by atoms with Crippen molar-refractivity contribution in [3.8, 4) is 0 Å². The van der Waals surface area contributed by atoms with Crippen LogP contribution in [-0.4, -0.2) is 15.5 Å². The van der Waals surface area contributed by atoms with Gasteiger partial charge in [0.25, 0.3) is 5.69 Å². The van der Waals surface area contributed by atoms with E-state index >= 15 is 0 Å². The molecule has 23 heavy (non-hydrogen) atoms. The summed E-state index contributed by atoms with van der Waals surface area (Å²) in [4.78, 5) is 22.8. The summed E-state index contributed by atoms with van der Waals surface area (Å²) in [5.74, 6) is -0.500. The van der Waals surface area contributed by atoms with Crippen molar-refractivity contribution in [1.82, 2.24) is 4.57 Å². The maximum absolute atomic E-state index is 12.3. The van der Waals surface area contributed by atoms with Gasteiger partial charge < -0.3 is 9.30 Å². The van der Waals surface area contributed by atoms with Gasteiger partial charge in [-0.2, -0.15) is 0 Å². The van der Waals surface area contributed by atoms with Gasteiger partial charge in [-0.15, -0.1) is 0 Å². The first-order valence-corrected chi connectivity index (χ1v) is 7.01. The molecule has 0 unspecified atom stereocenters. The van der Waals surface area contributed by atoms with E-state index in [-0.39, 0.29) is 12.3 Å². The fourth-order valence-corrected chi connectivity index (χ4v) is 2.54. The fourth-order valence-electron chi connectivity index (χ4n) is 2.54. The number of rotatable bonds is 4. The first kappa shape index (κ1) is 14.8. The van der Waals surface area contributed by atoms with Crippen molar-refractivity contribution in [2.45, 2.75) is 6.61 Å². The van der Waals surface area contributed by atoms with Crippen molar-refractivity contribution in [2.75, 3.05) is 0 Å². The number of benzene rings is 2. The Morgan fingerprint density at radius 1 is 1.17 bits per heavy atom.